The Kier molecular flexibility index (Phi) is 3.72. The van der Waals surface area contributed by atoms with Crippen LogP contribution in [0.15, 0.2) is 24.3 Å². The van der Waals surface area contributed by atoms with Gasteiger partial charge in [-0.15, -0.1) is 0 Å². The highest BCUT2D eigenvalue weighted by Crippen LogP contribution is 2.62. The van der Waals surface area contributed by atoms with E-state index in [0.717, 1.165) is 18.4 Å². The van der Waals surface area contributed by atoms with Crippen LogP contribution in [0, 0.1) is 34.5 Å². The van der Waals surface area contributed by atoms with E-state index in [9.17, 15) is 14.7 Å². The van der Waals surface area contributed by atoms with Crippen LogP contribution >= 0.6 is 0 Å². The lowest BCUT2D eigenvalue weighted by Crippen LogP contribution is -2.61. The molecule has 0 spiro atoms. The summed E-state index contributed by atoms with van der Waals surface area (Å²) in [5.41, 5.74) is 0.155. The minimum atomic E-state index is -0.946. The topological polar surface area (TPSA) is 54.4 Å². The van der Waals surface area contributed by atoms with Crippen molar-refractivity contribution < 1.29 is 14.7 Å². The van der Waals surface area contributed by atoms with Crippen molar-refractivity contribution in [3.8, 4) is 0 Å². The minimum absolute atomic E-state index is 0.0583. The van der Waals surface area contributed by atoms with Crippen LogP contribution in [0.5, 0.6) is 0 Å². The first kappa shape index (κ1) is 16.6. The first-order valence-electron chi connectivity index (χ1n) is 8.75. The Morgan fingerprint density at radius 2 is 1.91 bits per heavy atom. The number of hydrogen-bond acceptors (Lipinski definition) is 3. The predicted molar refractivity (Wildman–Crippen MR) is 89.7 cm³/mol. The molecule has 6 atom stereocenters. The highest BCUT2D eigenvalue weighted by atomic mass is 16.3. The zero-order chi connectivity index (χ0) is 17.2. The molecule has 3 heteroatoms. The molecule has 0 aliphatic heterocycles. The van der Waals surface area contributed by atoms with Gasteiger partial charge in [-0.1, -0.05) is 40.3 Å². The van der Waals surface area contributed by atoms with E-state index in [0.29, 0.717) is 12.3 Å². The fourth-order valence-electron chi connectivity index (χ4n) is 6.08. The van der Waals surface area contributed by atoms with E-state index in [1.165, 1.54) is 0 Å². The van der Waals surface area contributed by atoms with Gasteiger partial charge in [0.1, 0.15) is 6.10 Å². The van der Waals surface area contributed by atoms with Crippen LogP contribution in [-0.4, -0.2) is 22.8 Å². The molecule has 0 aromatic rings. The van der Waals surface area contributed by atoms with E-state index < -0.39 is 11.5 Å². The van der Waals surface area contributed by atoms with Gasteiger partial charge in [-0.2, -0.15) is 0 Å². The molecule has 0 aromatic carbocycles. The second-order valence-corrected chi connectivity index (χ2v) is 8.62. The standard InChI is InChI=1S/C20H28O3/c1-6-12-9-14(21)17-13(11(12)2)7-8-16-19(3,4)18(23)15(22)10-20(16,17)5/h6,9,11,13,15-17,22H,1,7-8,10H2,2-5H3/t11-,13?,15-,16-,17+,20-/m1/s1. The molecule has 0 aromatic heterocycles. The van der Waals surface area contributed by atoms with Crippen LogP contribution < -0.4 is 0 Å². The van der Waals surface area contributed by atoms with Gasteiger partial charge in [0, 0.05) is 11.3 Å². The summed E-state index contributed by atoms with van der Waals surface area (Å²) in [6, 6.07) is 0. The molecule has 0 bridgehead atoms. The Morgan fingerprint density at radius 1 is 1.26 bits per heavy atom. The lowest BCUT2D eigenvalue weighted by atomic mass is 9.43. The third-order valence-electron chi connectivity index (χ3n) is 7.18. The molecule has 2 fully saturated rings. The molecule has 3 aliphatic rings. The van der Waals surface area contributed by atoms with Crippen LogP contribution in [0.1, 0.15) is 47.0 Å². The maximum atomic E-state index is 12.9. The number of hydrogen-bond donors (Lipinski definition) is 1. The Bertz CT molecular complexity index is 600. The maximum absolute atomic E-state index is 12.9. The van der Waals surface area contributed by atoms with Gasteiger partial charge in [-0.05, 0) is 54.1 Å². The summed E-state index contributed by atoms with van der Waals surface area (Å²) in [4.78, 5) is 25.4. The lowest BCUT2D eigenvalue weighted by Gasteiger charge is -2.60. The van der Waals surface area contributed by atoms with Crippen molar-refractivity contribution in [3.05, 3.63) is 24.3 Å². The van der Waals surface area contributed by atoms with Gasteiger partial charge in [0.25, 0.3) is 0 Å². The summed E-state index contributed by atoms with van der Waals surface area (Å²) in [7, 11) is 0. The van der Waals surface area contributed by atoms with Crippen molar-refractivity contribution >= 4 is 11.6 Å². The van der Waals surface area contributed by atoms with E-state index in [1.54, 1.807) is 12.2 Å². The minimum Gasteiger partial charge on any atom is -0.385 e. The van der Waals surface area contributed by atoms with Crippen LogP contribution in [0.2, 0.25) is 0 Å². The number of aliphatic hydroxyl groups is 1. The number of Topliss-reactive ketones (excluding diaryl/α,β-unsaturated/α-hetero) is 1. The fourth-order valence-corrected chi connectivity index (χ4v) is 6.08. The number of fused-ring (bicyclic) bond motifs is 3. The summed E-state index contributed by atoms with van der Waals surface area (Å²) in [5, 5.41) is 10.4. The van der Waals surface area contributed by atoms with E-state index in [2.05, 4.69) is 20.4 Å². The van der Waals surface area contributed by atoms with Gasteiger partial charge in [-0.3, -0.25) is 9.59 Å². The fraction of sp³-hybridized carbons (Fsp3) is 0.700. The second kappa shape index (κ2) is 5.14. The van der Waals surface area contributed by atoms with Crippen molar-refractivity contribution in [2.45, 2.75) is 53.1 Å². The molecule has 3 aliphatic carbocycles. The van der Waals surface area contributed by atoms with E-state index >= 15 is 0 Å². The van der Waals surface area contributed by atoms with Crippen molar-refractivity contribution in [2.24, 2.45) is 34.5 Å². The van der Waals surface area contributed by atoms with Crippen molar-refractivity contribution in [1.82, 2.24) is 0 Å². The van der Waals surface area contributed by atoms with Crippen LogP contribution in [0.4, 0.5) is 0 Å². The Labute approximate surface area is 138 Å². The molecule has 126 valence electrons. The predicted octanol–water partition coefficient (Wildman–Crippen LogP) is 3.33. The van der Waals surface area contributed by atoms with Crippen LogP contribution in [0.3, 0.4) is 0 Å². The SMILES string of the molecule is C=CC1=CC(=O)[C@@H]2C(CC[C@@H]3C(C)(C)C(=O)[C@H](O)C[C@@]23C)[C@@H]1C. The third kappa shape index (κ3) is 2.12. The van der Waals surface area contributed by atoms with Gasteiger partial charge in [0.2, 0.25) is 0 Å². The first-order valence-corrected chi connectivity index (χ1v) is 8.75. The number of aliphatic hydroxyl groups excluding tert-OH is 1. The van der Waals surface area contributed by atoms with Crippen LogP contribution in [0.25, 0.3) is 0 Å². The van der Waals surface area contributed by atoms with Gasteiger partial charge in [0.05, 0.1) is 0 Å². The molecular weight excluding hydrogens is 288 g/mol. The maximum Gasteiger partial charge on any atom is 0.167 e. The van der Waals surface area contributed by atoms with Crippen molar-refractivity contribution in [1.29, 1.82) is 0 Å². The molecule has 3 rings (SSSR count). The number of rotatable bonds is 1. The average molecular weight is 316 g/mol. The highest BCUT2D eigenvalue weighted by Gasteiger charge is 2.62. The Hall–Kier alpha value is -1.22. The molecule has 0 radical (unpaired) electrons. The smallest absolute Gasteiger partial charge is 0.167 e. The van der Waals surface area contributed by atoms with E-state index in [-0.39, 0.29) is 34.7 Å². The number of carbonyl (C=O) groups is 2. The average Bonchev–Trinajstić information content (AvgIpc) is 2.47. The molecule has 0 amide bonds. The van der Waals surface area contributed by atoms with Gasteiger partial charge in [-0.25, -0.2) is 0 Å². The largest absolute Gasteiger partial charge is 0.385 e. The summed E-state index contributed by atoms with van der Waals surface area (Å²) >= 11 is 0. The highest BCUT2D eigenvalue weighted by molar-refractivity contribution is 5.96. The number of ketones is 2. The Balaban J connectivity index is 2.08. The van der Waals surface area contributed by atoms with Gasteiger partial charge in [0.15, 0.2) is 11.6 Å². The molecule has 0 heterocycles. The molecule has 1 unspecified atom stereocenters. The van der Waals surface area contributed by atoms with Crippen molar-refractivity contribution in [2.75, 3.05) is 0 Å². The number of allylic oxidation sites excluding steroid dienone is 3. The summed E-state index contributed by atoms with van der Waals surface area (Å²) in [5.74, 6) is 0.761. The van der Waals surface area contributed by atoms with Crippen molar-refractivity contribution in [3.63, 3.8) is 0 Å². The zero-order valence-corrected chi connectivity index (χ0v) is 14.6. The molecule has 1 N–H and O–H groups in total. The summed E-state index contributed by atoms with van der Waals surface area (Å²) in [6.45, 7) is 12.0. The molecule has 2 saturated carbocycles. The third-order valence-corrected chi connectivity index (χ3v) is 7.18. The van der Waals surface area contributed by atoms with E-state index in [1.807, 2.05) is 13.8 Å². The monoisotopic (exact) mass is 316 g/mol. The van der Waals surface area contributed by atoms with Gasteiger partial charge < -0.3 is 5.11 Å². The second-order valence-electron chi connectivity index (χ2n) is 8.62. The first-order chi connectivity index (χ1) is 10.6. The molecular formula is C20H28O3. The molecule has 3 nitrogen and oxygen atoms in total. The molecule has 0 saturated heterocycles. The number of carbonyl (C=O) groups excluding carboxylic acids is 2. The van der Waals surface area contributed by atoms with E-state index in [4.69, 9.17) is 0 Å². The Morgan fingerprint density at radius 3 is 2.52 bits per heavy atom. The van der Waals surface area contributed by atoms with Gasteiger partial charge >= 0.3 is 0 Å². The van der Waals surface area contributed by atoms with Crippen LogP contribution in [-0.2, 0) is 9.59 Å². The lowest BCUT2D eigenvalue weighted by molar-refractivity contribution is -0.173. The zero-order valence-electron chi connectivity index (χ0n) is 14.6. The summed E-state index contributed by atoms with van der Waals surface area (Å²) in [6.07, 6.45) is 4.94. The normalized spacial score (nSPS) is 45.8. The quantitative estimate of drug-likeness (QED) is 0.807. The summed E-state index contributed by atoms with van der Waals surface area (Å²) < 4.78 is 0. The molecule has 23 heavy (non-hydrogen) atoms.